The van der Waals surface area contributed by atoms with Gasteiger partial charge < -0.3 is 10.2 Å². The van der Waals surface area contributed by atoms with Crippen molar-refractivity contribution in [3.63, 3.8) is 0 Å². The maximum atomic E-state index is 13.0. The fourth-order valence-electron chi connectivity index (χ4n) is 3.91. The van der Waals surface area contributed by atoms with Gasteiger partial charge >= 0.3 is 0 Å². The first-order chi connectivity index (χ1) is 15.7. The van der Waals surface area contributed by atoms with E-state index in [2.05, 4.69) is 10.0 Å². The average molecular weight is 464 g/mol. The summed E-state index contributed by atoms with van der Waals surface area (Å²) in [5, 5.41) is 2.57. The highest BCUT2D eigenvalue weighted by Crippen LogP contribution is 2.30. The van der Waals surface area contributed by atoms with Gasteiger partial charge in [-0.25, -0.2) is 13.1 Å². The van der Waals surface area contributed by atoms with Crippen LogP contribution in [0.25, 0.3) is 0 Å². The molecule has 0 aliphatic carbocycles. The van der Waals surface area contributed by atoms with Crippen molar-refractivity contribution in [1.82, 2.24) is 4.72 Å². The van der Waals surface area contributed by atoms with Crippen LogP contribution in [0.15, 0.2) is 71.6 Å². The fourth-order valence-corrected chi connectivity index (χ4v) is 5.18. The molecule has 3 aromatic carbocycles. The SMILES string of the molecule is CC(=O)Nc1ccc(C)cc1S(=O)(=O)NCc1ccc2c(c1)CCN2C(=O)c1ccccc1. The molecule has 0 saturated heterocycles. The van der Waals surface area contributed by atoms with E-state index in [9.17, 15) is 18.0 Å². The van der Waals surface area contributed by atoms with Crippen LogP contribution in [0.4, 0.5) is 11.4 Å². The van der Waals surface area contributed by atoms with E-state index in [4.69, 9.17) is 0 Å². The van der Waals surface area contributed by atoms with Crippen molar-refractivity contribution in [1.29, 1.82) is 0 Å². The number of sulfonamides is 1. The third-order valence-electron chi connectivity index (χ3n) is 5.51. The average Bonchev–Trinajstić information content (AvgIpc) is 3.22. The lowest BCUT2D eigenvalue weighted by atomic mass is 10.1. The van der Waals surface area contributed by atoms with Gasteiger partial charge in [-0.2, -0.15) is 0 Å². The number of fused-ring (bicyclic) bond motifs is 1. The fraction of sp³-hybridized carbons (Fsp3) is 0.200. The number of nitrogens with zero attached hydrogens (tertiary/aromatic N) is 1. The summed E-state index contributed by atoms with van der Waals surface area (Å²) in [6, 6.07) is 19.6. The molecule has 0 bridgehead atoms. The van der Waals surface area contributed by atoms with Gasteiger partial charge in [0.1, 0.15) is 4.90 Å². The molecule has 0 fully saturated rings. The Morgan fingerprint density at radius 2 is 1.76 bits per heavy atom. The molecule has 3 aromatic rings. The van der Waals surface area contributed by atoms with E-state index in [1.807, 2.05) is 36.4 Å². The van der Waals surface area contributed by atoms with E-state index >= 15 is 0 Å². The number of hydrogen-bond acceptors (Lipinski definition) is 4. The van der Waals surface area contributed by atoms with Crippen LogP contribution in [0.3, 0.4) is 0 Å². The molecule has 2 N–H and O–H groups in total. The lowest BCUT2D eigenvalue weighted by Crippen LogP contribution is -2.28. The van der Waals surface area contributed by atoms with Gasteiger partial charge in [0, 0.05) is 31.3 Å². The van der Waals surface area contributed by atoms with Crippen LogP contribution in [0, 0.1) is 6.92 Å². The molecule has 0 spiro atoms. The molecule has 0 saturated carbocycles. The first-order valence-corrected chi connectivity index (χ1v) is 12.1. The standard InChI is InChI=1S/C25H25N3O4S/c1-17-8-10-22(27-18(2)29)24(14-17)33(31,32)26-16-19-9-11-23-21(15-19)12-13-28(23)25(30)20-6-4-3-5-7-20/h3-11,14-15,26H,12-13,16H2,1-2H3,(H,27,29). The molecule has 0 aromatic heterocycles. The smallest absolute Gasteiger partial charge is 0.258 e. The first kappa shape index (κ1) is 22.7. The Morgan fingerprint density at radius 3 is 2.48 bits per heavy atom. The number of nitrogens with one attached hydrogen (secondary N) is 2. The van der Waals surface area contributed by atoms with Crippen LogP contribution in [-0.4, -0.2) is 26.8 Å². The summed E-state index contributed by atoms with van der Waals surface area (Å²) in [5.41, 5.74) is 4.29. The minimum Gasteiger partial charge on any atom is -0.325 e. The summed E-state index contributed by atoms with van der Waals surface area (Å²) < 4.78 is 28.6. The van der Waals surface area contributed by atoms with Crippen molar-refractivity contribution in [2.75, 3.05) is 16.8 Å². The van der Waals surface area contributed by atoms with E-state index in [0.29, 0.717) is 18.5 Å². The van der Waals surface area contributed by atoms with Gasteiger partial charge in [0.25, 0.3) is 5.91 Å². The van der Waals surface area contributed by atoms with Crippen LogP contribution in [0.5, 0.6) is 0 Å². The van der Waals surface area contributed by atoms with E-state index < -0.39 is 10.0 Å². The Kier molecular flexibility index (Phi) is 6.31. The molecule has 1 aliphatic heterocycles. The van der Waals surface area contributed by atoms with Crippen LogP contribution < -0.4 is 14.9 Å². The molecule has 2 amide bonds. The van der Waals surface area contributed by atoms with Crippen LogP contribution >= 0.6 is 0 Å². The number of carbonyl (C=O) groups excluding carboxylic acids is 2. The lowest BCUT2D eigenvalue weighted by Gasteiger charge is -2.18. The van der Waals surface area contributed by atoms with Crippen molar-refractivity contribution >= 4 is 33.2 Å². The number of carbonyl (C=O) groups is 2. The summed E-state index contributed by atoms with van der Waals surface area (Å²) >= 11 is 0. The molecule has 0 atom stereocenters. The normalized spacial score (nSPS) is 13.0. The lowest BCUT2D eigenvalue weighted by molar-refractivity contribution is -0.114. The molecular weight excluding hydrogens is 438 g/mol. The summed E-state index contributed by atoms with van der Waals surface area (Å²) in [5.74, 6) is -0.392. The van der Waals surface area contributed by atoms with Crippen LogP contribution in [0.2, 0.25) is 0 Å². The number of anilines is 2. The highest BCUT2D eigenvalue weighted by Gasteiger charge is 2.26. The molecule has 7 nitrogen and oxygen atoms in total. The highest BCUT2D eigenvalue weighted by atomic mass is 32.2. The third kappa shape index (κ3) is 4.97. The predicted molar refractivity (Wildman–Crippen MR) is 128 cm³/mol. The summed E-state index contributed by atoms with van der Waals surface area (Å²) in [6.45, 7) is 3.80. The highest BCUT2D eigenvalue weighted by molar-refractivity contribution is 7.89. The monoisotopic (exact) mass is 463 g/mol. The van der Waals surface area contributed by atoms with Crippen LogP contribution in [0.1, 0.15) is 34.0 Å². The molecule has 4 rings (SSSR count). The van der Waals surface area contributed by atoms with E-state index in [0.717, 1.165) is 22.4 Å². The molecule has 0 unspecified atom stereocenters. The van der Waals surface area contributed by atoms with Gasteiger partial charge in [0.05, 0.1) is 5.69 Å². The Hall–Kier alpha value is -3.49. The van der Waals surface area contributed by atoms with Gasteiger partial charge in [0.15, 0.2) is 0 Å². The Balaban J connectivity index is 1.51. The minimum atomic E-state index is -3.86. The molecule has 33 heavy (non-hydrogen) atoms. The van der Waals surface area contributed by atoms with Crippen molar-refractivity contribution in [2.24, 2.45) is 0 Å². The molecular formula is C25H25N3O4S. The molecule has 1 heterocycles. The summed E-state index contributed by atoms with van der Waals surface area (Å²) in [6.07, 6.45) is 0.707. The van der Waals surface area contributed by atoms with Crippen molar-refractivity contribution < 1.29 is 18.0 Å². The van der Waals surface area contributed by atoms with Crippen molar-refractivity contribution in [3.8, 4) is 0 Å². The van der Waals surface area contributed by atoms with Gasteiger partial charge in [-0.05, 0) is 60.4 Å². The maximum absolute atomic E-state index is 13.0. The Morgan fingerprint density at radius 1 is 1.00 bits per heavy atom. The van der Waals surface area contributed by atoms with E-state index in [-0.39, 0.29) is 28.9 Å². The largest absolute Gasteiger partial charge is 0.325 e. The molecule has 8 heteroatoms. The van der Waals surface area contributed by atoms with E-state index in [1.54, 1.807) is 36.1 Å². The molecule has 170 valence electrons. The van der Waals surface area contributed by atoms with Gasteiger partial charge in [-0.15, -0.1) is 0 Å². The second-order valence-electron chi connectivity index (χ2n) is 8.04. The van der Waals surface area contributed by atoms with E-state index in [1.165, 1.54) is 13.0 Å². The maximum Gasteiger partial charge on any atom is 0.258 e. The number of amides is 2. The molecule has 0 radical (unpaired) electrons. The van der Waals surface area contributed by atoms with Crippen LogP contribution in [-0.2, 0) is 27.8 Å². The van der Waals surface area contributed by atoms with Crippen molar-refractivity contribution in [3.05, 3.63) is 89.0 Å². The third-order valence-corrected chi connectivity index (χ3v) is 6.95. The second kappa shape index (κ2) is 9.17. The number of hydrogen-bond donors (Lipinski definition) is 2. The Bertz CT molecular complexity index is 1320. The Labute approximate surface area is 193 Å². The number of rotatable bonds is 6. The van der Waals surface area contributed by atoms with Gasteiger partial charge in [-0.1, -0.05) is 36.4 Å². The van der Waals surface area contributed by atoms with Crippen molar-refractivity contribution in [2.45, 2.75) is 31.7 Å². The van der Waals surface area contributed by atoms with Gasteiger partial charge in [-0.3, -0.25) is 9.59 Å². The quantitative estimate of drug-likeness (QED) is 0.584. The zero-order valence-electron chi connectivity index (χ0n) is 18.5. The number of aryl methyl sites for hydroxylation is 1. The summed E-state index contributed by atoms with van der Waals surface area (Å²) in [4.78, 5) is 26.1. The zero-order valence-corrected chi connectivity index (χ0v) is 19.3. The molecule has 1 aliphatic rings. The second-order valence-corrected chi connectivity index (χ2v) is 9.78. The minimum absolute atomic E-state index is 0.0264. The topological polar surface area (TPSA) is 95.6 Å². The van der Waals surface area contributed by atoms with Gasteiger partial charge in [0.2, 0.25) is 15.9 Å². The number of benzene rings is 3. The predicted octanol–water partition coefficient (Wildman–Crippen LogP) is 3.63. The summed E-state index contributed by atoms with van der Waals surface area (Å²) in [7, 11) is -3.86. The zero-order chi connectivity index (χ0) is 23.6. The first-order valence-electron chi connectivity index (χ1n) is 10.6.